The Balaban J connectivity index is 1.34. The highest BCUT2D eigenvalue weighted by Gasteiger charge is 2.39. The van der Waals surface area contributed by atoms with E-state index in [4.69, 9.17) is 19.2 Å². The number of nitrogens with one attached hydrogen (secondary N) is 1. The molecule has 2 aromatic heterocycles. The van der Waals surface area contributed by atoms with Crippen molar-refractivity contribution in [2.45, 2.75) is 25.6 Å². The van der Waals surface area contributed by atoms with E-state index in [-0.39, 0.29) is 5.56 Å². The number of aryl methyl sites for hydroxylation is 1. The molecule has 0 aliphatic carbocycles. The van der Waals surface area contributed by atoms with Gasteiger partial charge in [-0.1, -0.05) is 18.2 Å². The summed E-state index contributed by atoms with van der Waals surface area (Å²) >= 11 is 0. The van der Waals surface area contributed by atoms with Crippen molar-refractivity contribution in [1.29, 1.82) is 0 Å². The minimum Gasteiger partial charge on any atom is -0.496 e. The number of fused-ring (bicyclic) bond motifs is 1. The topological polar surface area (TPSA) is 94.5 Å². The highest BCUT2D eigenvalue weighted by atomic mass is 16.7. The van der Waals surface area contributed by atoms with Crippen LogP contribution in [0.3, 0.4) is 0 Å². The number of para-hydroxylation sites is 1. The molecule has 2 fully saturated rings. The van der Waals surface area contributed by atoms with Crippen molar-refractivity contribution < 1.29 is 14.2 Å². The van der Waals surface area contributed by atoms with Crippen molar-refractivity contribution in [2.24, 2.45) is 0 Å². The largest absolute Gasteiger partial charge is 0.496 e. The van der Waals surface area contributed by atoms with Crippen molar-refractivity contribution in [1.82, 2.24) is 19.7 Å². The third kappa shape index (κ3) is 3.77. The fraction of sp³-hybridized carbons (Fsp3) is 0.346. The Labute approximate surface area is 202 Å². The quantitative estimate of drug-likeness (QED) is 0.485. The van der Waals surface area contributed by atoms with E-state index < -0.39 is 5.79 Å². The molecule has 0 radical (unpaired) electrons. The van der Waals surface area contributed by atoms with Crippen LogP contribution in [0.1, 0.15) is 18.5 Å². The molecular weight excluding hydrogens is 446 g/mol. The van der Waals surface area contributed by atoms with Crippen LogP contribution in [0.15, 0.2) is 53.3 Å². The maximum absolute atomic E-state index is 13.2. The number of aromatic nitrogens is 4. The van der Waals surface area contributed by atoms with Crippen LogP contribution < -0.4 is 15.2 Å². The van der Waals surface area contributed by atoms with Gasteiger partial charge in [-0.25, -0.2) is 9.67 Å². The number of aromatic amines is 1. The van der Waals surface area contributed by atoms with Crippen LogP contribution in [0, 0.1) is 6.92 Å². The lowest BCUT2D eigenvalue weighted by Crippen LogP contribution is -2.45. The summed E-state index contributed by atoms with van der Waals surface area (Å²) in [6.07, 6.45) is 1.65. The van der Waals surface area contributed by atoms with Crippen LogP contribution in [0.25, 0.3) is 28.1 Å². The molecule has 0 atom stereocenters. The predicted octanol–water partition coefficient (Wildman–Crippen LogP) is 3.44. The molecule has 2 aliphatic heterocycles. The molecule has 9 nitrogen and oxygen atoms in total. The van der Waals surface area contributed by atoms with Crippen LogP contribution in [0.4, 0.5) is 5.69 Å². The Morgan fingerprint density at radius 1 is 1.03 bits per heavy atom. The normalized spacial score (nSPS) is 17.4. The zero-order chi connectivity index (χ0) is 24.0. The Kier molecular flexibility index (Phi) is 5.31. The third-order valence-electron chi connectivity index (χ3n) is 6.84. The van der Waals surface area contributed by atoms with Gasteiger partial charge in [-0.3, -0.25) is 4.79 Å². The summed E-state index contributed by atoms with van der Waals surface area (Å²) in [7, 11) is 1.63. The summed E-state index contributed by atoms with van der Waals surface area (Å²) in [6, 6.07) is 15.6. The molecule has 9 heteroatoms. The van der Waals surface area contributed by atoms with Crippen molar-refractivity contribution in [3.8, 4) is 22.8 Å². The van der Waals surface area contributed by atoms with Gasteiger partial charge in [0.15, 0.2) is 11.3 Å². The monoisotopic (exact) mass is 473 g/mol. The highest BCUT2D eigenvalue weighted by molar-refractivity contribution is 5.81. The molecule has 6 rings (SSSR count). The Morgan fingerprint density at radius 3 is 2.49 bits per heavy atom. The minimum atomic E-state index is -0.415. The van der Waals surface area contributed by atoms with E-state index in [1.165, 1.54) is 0 Å². The number of piperidine rings is 1. The molecule has 0 bridgehead atoms. The van der Waals surface area contributed by atoms with Gasteiger partial charge in [0, 0.05) is 37.7 Å². The van der Waals surface area contributed by atoms with Crippen molar-refractivity contribution in [3.63, 3.8) is 0 Å². The highest BCUT2D eigenvalue weighted by Crippen LogP contribution is 2.36. The molecule has 2 aliphatic rings. The average Bonchev–Trinajstić information content (AvgIpc) is 3.49. The smallest absolute Gasteiger partial charge is 0.277 e. The van der Waals surface area contributed by atoms with E-state index in [0.717, 1.165) is 42.9 Å². The molecule has 35 heavy (non-hydrogen) atoms. The van der Waals surface area contributed by atoms with Crippen molar-refractivity contribution in [3.05, 3.63) is 64.6 Å². The van der Waals surface area contributed by atoms with E-state index in [1.807, 2.05) is 55.5 Å². The lowest BCUT2D eigenvalue weighted by Gasteiger charge is -2.38. The van der Waals surface area contributed by atoms with Crippen LogP contribution in [0.5, 0.6) is 5.75 Å². The van der Waals surface area contributed by atoms with E-state index in [9.17, 15) is 4.79 Å². The van der Waals surface area contributed by atoms with Gasteiger partial charge in [-0.05, 0) is 31.2 Å². The standard InChI is InChI=1S/C26H27N5O4/c1-17-22-23(31(29-17)18-6-4-3-5-7-18)25(32)28-24(27-22)20-9-8-19(16-21(20)33-2)30-12-10-26(11-13-30)34-14-15-35-26/h3-9,16H,10-15H2,1-2H3,(H,27,28,32). The number of ether oxygens (including phenoxy) is 3. The van der Waals surface area contributed by atoms with Gasteiger partial charge >= 0.3 is 0 Å². The first-order chi connectivity index (χ1) is 17.1. The van der Waals surface area contributed by atoms with Gasteiger partial charge < -0.3 is 24.1 Å². The van der Waals surface area contributed by atoms with E-state index in [2.05, 4.69) is 15.0 Å². The van der Waals surface area contributed by atoms with E-state index in [1.54, 1.807) is 11.8 Å². The molecule has 4 heterocycles. The number of methoxy groups -OCH3 is 1. The number of H-pyrrole nitrogens is 1. The molecule has 1 N–H and O–H groups in total. The van der Waals surface area contributed by atoms with Crippen LogP contribution in [0.2, 0.25) is 0 Å². The molecule has 0 unspecified atom stereocenters. The summed E-state index contributed by atoms with van der Waals surface area (Å²) in [5.74, 6) is 0.681. The van der Waals surface area contributed by atoms with E-state index >= 15 is 0 Å². The van der Waals surface area contributed by atoms with E-state index in [0.29, 0.717) is 41.5 Å². The first-order valence-corrected chi connectivity index (χ1v) is 11.8. The molecule has 0 amide bonds. The second-order valence-electron chi connectivity index (χ2n) is 8.92. The SMILES string of the molecule is COc1cc(N2CCC3(CC2)OCCO3)ccc1-c1nc2c(C)nn(-c3ccccc3)c2c(=O)[nH]1. The molecule has 2 aromatic carbocycles. The Bertz CT molecular complexity index is 1430. The number of rotatable bonds is 4. The zero-order valence-electron chi connectivity index (χ0n) is 19.8. The first-order valence-electron chi connectivity index (χ1n) is 11.8. The summed E-state index contributed by atoms with van der Waals surface area (Å²) in [4.78, 5) is 23.2. The second-order valence-corrected chi connectivity index (χ2v) is 8.92. The first kappa shape index (κ1) is 21.8. The maximum Gasteiger partial charge on any atom is 0.277 e. The third-order valence-corrected chi connectivity index (χ3v) is 6.84. The summed E-state index contributed by atoms with van der Waals surface area (Å²) in [5, 5.41) is 4.58. The van der Waals surface area contributed by atoms with Gasteiger partial charge in [-0.15, -0.1) is 0 Å². The number of nitrogens with zero attached hydrogens (tertiary/aromatic N) is 4. The fourth-order valence-electron chi connectivity index (χ4n) is 5.01. The Hall–Kier alpha value is -3.69. The molecule has 4 aromatic rings. The van der Waals surface area contributed by atoms with Crippen LogP contribution >= 0.6 is 0 Å². The second kappa shape index (κ2) is 8.51. The lowest BCUT2D eigenvalue weighted by molar-refractivity contribution is -0.169. The Morgan fingerprint density at radius 2 is 1.77 bits per heavy atom. The van der Waals surface area contributed by atoms with Crippen LogP contribution in [-0.4, -0.2) is 58.9 Å². The number of hydrogen-bond acceptors (Lipinski definition) is 7. The average molecular weight is 474 g/mol. The predicted molar refractivity (Wildman–Crippen MR) is 132 cm³/mol. The van der Waals surface area contributed by atoms with Crippen molar-refractivity contribution in [2.75, 3.05) is 38.3 Å². The molecule has 2 saturated heterocycles. The number of anilines is 1. The van der Waals surface area contributed by atoms with Crippen molar-refractivity contribution >= 4 is 16.7 Å². The molecule has 1 spiro atoms. The van der Waals surface area contributed by atoms with Crippen LogP contribution in [-0.2, 0) is 9.47 Å². The summed E-state index contributed by atoms with van der Waals surface area (Å²) in [5.41, 5.74) is 4.00. The lowest BCUT2D eigenvalue weighted by atomic mass is 10.0. The number of hydrogen-bond donors (Lipinski definition) is 1. The molecule has 0 saturated carbocycles. The fourth-order valence-corrected chi connectivity index (χ4v) is 5.01. The zero-order valence-corrected chi connectivity index (χ0v) is 19.8. The summed E-state index contributed by atoms with van der Waals surface area (Å²) < 4.78 is 19.1. The van der Waals surface area contributed by atoms with Gasteiger partial charge in [0.25, 0.3) is 5.56 Å². The van der Waals surface area contributed by atoms with Gasteiger partial charge in [0.1, 0.15) is 17.1 Å². The minimum absolute atomic E-state index is 0.251. The van der Waals surface area contributed by atoms with Gasteiger partial charge in [0.05, 0.1) is 37.3 Å². The maximum atomic E-state index is 13.2. The number of benzene rings is 2. The van der Waals surface area contributed by atoms with Gasteiger partial charge in [0.2, 0.25) is 0 Å². The molecular formula is C26H27N5O4. The van der Waals surface area contributed by atoms with Gasteiger partial charge in [-0.2, -0.15) is 5.10 Å². The summed E-state index contributed by atoms with van der Waals surface area (Å²) in [6.45, 7) is 4.87. The molecule has 180 valence electrons.